The first-order chi connectivity index (χ1) is 11.8. The summed E-state index contributed by atoms with van der Waals surface area (Å²) in [7, 11) is 3.27. The number of pyridine rings is 1. The summed E-state index contributed by atoms with van der Waals surface area (Å²) in [5.41, 5.74) is 4.50. The normalized spacial score (nSPS) is 10.2. The summed E-state index contributed by atoms with van der Waals surface area (Å²) < 4.78 is 10.6. The van der Waals surface area contributed by atoms with E-state index in [1.54, 1.807) is 14.2 Å². The fourth-order valence-electron chi connectivity index (χ4n) is 2.52. The van der Waals surface area contributed by atoms with Crippen molar-refractivity contribution in [2.75, 3.05) is 19.5 Å². The summed E-state index contributed by atoms with van der Waals surface area (Å²) in [6.07, 6.45) is 4.55. The molecule has 0 unspecified atom stereocenters. The molecule has 0 aliphatic heterocycles. The Labute approximate surface area is 142 Å². The van der Waals surface area contributed by atoms with Crippen molar-refractivity contribution in [2.24, 2.45) is 0 Å². The van der Waals surface area contributed by atoms with E-state index in [4.69, 9.17) is 9.47 Å². The molecule has 24 heavy (non-hydrogen) atoms. The van der Waals surface area contributed by atoms with Gasteiger partial charge in [-0.15, -0.1) is 0 Å². The van der Waals surface area contributed by atoms with Crippen molar-refractivity contribution in [3.63, 3.8) is 0 Å². The number of methoxy groups -OCH3 is 2. The molecule has 122 valence electrons. The minimum Gasteiger partial charge on any atom is -0.493 e. The summed E-state index contributed by atoms with van der Waals surface area (Å²) in [6, 6.07) is 18.3. The summed E-state index contributed by atoms with van der Waals surface area (Å²) in [6.45, 7) is 0. The molecule has 4 heteroatoms. The van der Waals surface area contributed by atoms with Gasteiger partial charge in [-0.2, -0.15) is 0 Å². The Hall–Kier alpha value is -3.01. The third-order valence-corrected chi connectivity index (χ3v) is 3.78. The summed E-state index contributed by atoms with van der Waals surface area (Å²) in [5, 5.41) is 3.38. The zero-order valence-electron chi connectivity index (χ0n) is 13.8. The predicted molar refractivity (Wildman–Crippen MR) is 96.3 cm³/mol. The Bertz CT molecular complexity index is 786. The maximum atomic E-state index is 5.33. The molecule has 0 amide bonds. The van der Waals surface area contributed by atoms with Crippen LogP contribution in [-0.4, -0.2) is 19.2 Å². The van der Waals surface area contributed by atoms with Crippen LogP contribution in [0.2, 0.25) is 0 Å². The van der Waals surface area contributed by atoms with Crippen LogP contribution in [0.1, 0.15) is 11.1 Å². The van der Waals surface area contributed by atoms with Crippen molar-refractivity contribution >= 4 is 11.4 Å². The van der Waals surface area contributed by atoms with Gasteiger partial charge in [-0.3, -0.25) is 4.98 Å². The number of anilines is 2. The van der Waals surface area contributed by atoms with Crippen LogP contribution in [-0.2, 0) is 6.42 Å². The molecular weight excluding hydrogens is 300 g/mol. The molecule has 2 aromatic carbocycles. The fraction of sp³-hybridized carbons (Fsp3) is 0.150. The van der Waals surface area contributed by atoms with Gasteiger partial charge in [0.1, 0.15) is 0 Å². The monoisotopic (exact) mass is 320 g/mol. The lowest BCUT2D eigenvalue weighted by molar-refractivity contribution is 0.355. The first-order valence-electron chi connectivity index (χ1n) is 7.75. The molecule has 0 atom stereocenters. The van der Waals surface area contributed by atoms with Gasteiger partial charge in [-0.05, 0) is 53.9 Å². The topological polar surface area (TPSA) is 43.4 Å². The van der Waals surface area contributed by atoms with E-state index in [2.05, 4.69) is 34.6 Å². The third-order valence-electron chi connectivity index (χ3n) is 3.78. The van der Waals surface area contributed by atoms with Gasteiger partial charge in [0.25, 0.3) is 0 Å². The molecular formula is C20H20N2O2. The minimum atomic E-state index is 0.705. The SMILES string of the molecule is COc1ccc(Nc2ccc(Cc3ccncc3)cc2)cc1OC. The van der Waals surface area contributed by atoms with Crippen LogP contribution in [0.5, 0.6) is 11.5 Å². The van der Waals surface area contributed by atoms with Gasteiger partial charge in [0.15, 0.2) is 11.5 Å². The van der Waals surface area contributed by atoms with E-state index in [1.165, 1.54) is 11.1 Å². The van der Waals surface area contributed by atoms with E-state index in [9.17, 15) is 0 Å². The molecule has 0 bridgehead atoms. The Morgan fingerprint density at radius 3 is 2.04 bits per heavy atom. The molecule has 0 aliphatic carbocycles. The molecule has 3 aromatic rings. The van der Waals surface area contributed by atoms with E-state index in [0.717, 1.165) is 23.5 Å². The van der Waals surface area contributed by atoms with Crippen molar-refractivity contribution in [2.45, 2.75) is 6.42 Å². The number of aromatic nitrogens is 1. The lowest BCUT2D eigenvalue weighted by Gasteiger charge is -2.12. The van der Waals surface area contributed by atoms with Gasteiger partial charge < -0.3 is 14.8 Å². The van der Waals surface area contributed by atoms with Crippen LogP contribution < -0.4 is 14.8 Å². The highest BCUT2D eigenvalue weighted by Crippen LogP contribution is 2.31. The number of rotatable bonds is 6. The first kappa shape index (κ1) is 15.9. The van der Waals surface area contributed by atoms with Crippen LogP contribution in [0, 0.1) is 0 Å². The number of hydrogen-bond donors (Lipinski definition) is 1. The highest BCUT2D eigenvalue weighted by atomic mass is 16.5. The first-order valence-corrected chi connectivity index (χ1v) is 7.75. The molecule has 4 nitrogen and oxygen atoms in total. The van der Waals surface area contributed by atoms with E-state index >= 15 is 0 Å². The van der Waals surface area contributed by atoms with Crippen molar-refractivity contribution in [3.05, 3.63) is 78.1 Å². The predicted octanol–water partition coefficient (Wildman–Crippen LogP) is 4.43. The number of nitrogens with one attached hydrogen (secondary N) is 1. The molecule has 1 aromatic heterocycles. The van der Waals surface area contributed by atoms with E-state index in [-0.39, 0.29) is 0 Å². The van der Waals surface area contributed by atoms with Crippen molar-refractivity contribution in [1.82, 2.24) is 4.98 Å². The lowest BCUT2D eigenvalue weighted by atomic mass is 10.1. The summed E-state index contributed by atoms with van der Waals surface area (Å²) >= 11 is 0. The average Bonchev–Trinajstić information content (AvgIpc) is 2.64. The smallest absolute Gasteiger partial charge is 0.162 e. The van der Waals surface area contributed by atoms with Gasteiger partial charge in [0, 0.05) is 29.8 Å². The maximum Gasteiger partial charge on any atom is 0.162 e. The lowest BCUT2D eigenvalue weighted by Crippen LogP contribution is -1.95. The van der Waals surface area contributed by atoms with Crippen LogP contribution in [0.3, 0.4) is 0 Å². The third kappa shape index (κ3) is 3.84. The van der Waals surface area contributed by atoms with Crippen LogP contribution in [0.15, 0.2) is 67.0 Å². The second kappa shape index (κ2) is 7.51. The Balaban J connectivity index is 1.70. The highest BCUT2D eigenvalue weighted by Gasteiger charge is 2.05. The number of ether oxygens (including phenoxy) is 2. The molecule has 3 rings (SSSR count). The van der Waals surface area contributed by atoms with E-state index in [0.29, 0.717) is 5.75 Å². The molecule has 0 spiro atoms. The second-order valence-electron chi connectivity index (χ2n) is 5.42. The van der Waals surface area contributed by atoms with E-state index in [1.807, 2.05) is 42.7 Å². The van der Waals surface area contributed by atoms with Crippen molar-refractivity contribution in [3.8, 4) is 11.5 Å². The minimum absolute atomic E-state index is 0.705. The Morgan fingerprint density at radius 1 is 0.750 bits per heavy atom. The van der Waals surface area contributed by atoms with Gasteiger partial charge in [0.05, 0.1) is 14.2 Å². The maximum absolute atomic E-state index is 5.33. The van der Waals surface area contributed by atoms with Crippen molar-refractivity contribution < 1.29 is 9.47 Å². The molecule has 0 saturated carbocycles. The highest BCUT2D eigenvalue weighted by molar-refractivity contribution is 5.63. The van der Waals surface area contributed by atoms with E-state index < -0.39 is 0 Å². The molecule has 0 radical (unpaired) electrons. The number of hydrogen-bond acceptors (Lipinski definition) is 4. The summed E-state index contributed by atoms with van der Waals surface area (Å²) in [5.74, 6) is 1.42. The zero-order chi connectivity index (χ0) is 16.8. The Kier molecular flexibility index (Phi) is 4.96. The molecule has 1 heterocycles. The summed E-state index contributed by atoms with van der Waals surface area (Å²) in [4.78, 5) is 4.05. The average molecular weight is 320 g/mol. The van der Waals surface area contributed by atoms with Gasteiger partial charge in [0.2, 0.25) is 0 Å². The Morgan fingerprint density at radius 2 is 1.38 bits per heavy atom. The van der Waals surface area contributed by atoms with Crippen LogP contribution >= 0.6 is 0 Å². The molecule has 0 saturated heterocycles. The van der Waals surface area contributed by atoms with Crippen LogP contribution in [0.25, 0.3) is 0 Å². The quantitative estimate of drug-likeness (QED) is 0.729. The largest absolute Gasteiger partial charge is 0.493 e. The number of nitrogens with zero attached hydrogens (tertiary/aromatic N) is 1. The number of benzene rings is 2. The molecule has 0 fully saturated rings. The van der Waals surface area contributed by atoms with Crippen LogP contribution in [0.4, 0.5) is 11.4 Å². The second-order valence-corrected chi connectivity index (χ2v) is 5.42. The van der Waals surface area contributed by atoms with Gasteiger partial charge in [-0.25, -0.2) is 0 Å². The molecule has 1 N–H and O–H groups in total. The van der Waals surface area contributed by atoms with Gasteiger partial charge >= 0.3 is 0 Å². The fourth-order valence-corrected chi connectivity index (χ4v) is 2.52. The van der Waals surface area contributed by atoms with Gasteiger partial charge in [-0.1, -0.05) is 12.1 Å². The zero-order valence-corrected chi connectivity index (χ0v) is 13.8. The van der Waals surface area contributed by atoms with Crippen molar-refractivity contribution in [1.29, 1.82) is 0 Å². The standard InChI is InChI=1S/C20H20N2O2/c1-23-19-8-7-18(14-20(19)24-2)22-17-5-3-15(4-6-17)13-16-9-11-21-12-10-16/h3-12,14,22H,13H2,1-2H3. The molecule has 0 aliphatic rings.